The Morgan fingerprint density at radius 2 is 1.72 bits per heavy atom. The molecule has 29 heavy (non-hydrogen) atoms. The van der Waals surface area contributed by atoms with Gasteiger partial charge < -0.3 is 20.3 Å². The minimum atomic E-state index is -0.558. The number of rotatable bonds is 6. The maximum absolute atomic E-state index is 12.5. The summed E-state index contributed by atoms with van der Waals surface area (Å²) in [5.74, 6) is 0.0191. The number of hydrogen-bond donors (Lipinski definition) is 2. The van der Waals surface area contributed by atoms with Crippen LogP contribution in [-0.4, -0.2) is 54.1 Å². The van der Waals surface area contributed by atoms with E-state index in [2.05, 4.69) is 10.6 Å². The number of amides is 3. The van der Waals surface area contributed by atoms with Crippen LogP contribution in [0.2, 0.25) is 0 Å². The molecule has 0 atom stereocenters. The molecule has 1 aromatic carbocycles. The van der Waals surface area contributed by atoms with Crippen molar-refractivity contribution in [3.63, 3.8) is 0 Å². The molecule has 2 N–H and O–H groups in total. The van der Waals surface area contributed by atoms with Gasteiger partial charge >= 0.3 is 6.09 Å². The first-order valence-electron chi connectivity index (χ1n) is 10.2. The van der Waals surface area contributed by atoms with Crippen molar-refractivity contribution in [2.45, 2.75) is 65.0 Å². The highest BCUT2D eigenvalue weighted by atomic mass is 16.6. The van der Waals surface area contributed by atoms with Crippen molar-refractivity contribution >= 4 is 17.9 Å². The van der Waals surface area contributed by atoms with Crippen LogP contribution in [0.15, 0.2) is 24.3 Å². The van der Waals surface area contributed by atoms with Crippen molar-refractivity contribution in [3.05, 3.63) is 35.4 Å². The molecule has 0 saturated carbocycles. The van der Waals surface area contributed by atoms with Crippen LogP contribution in [0.5, 0.6) is 0 Å². The third kappa shape index (κ3) is 8.54. The van der Waals surface area contributed by atoms with Gasteiger partial charge in [-0.1, -0.05) is 29.8 Å². The van der Waals surface area contributed by atoms with Crippen LogP contribution in [-0.2, 0) is 20.7 Å². The fourth-order valence-corrected chi connectivity index (χ4v) is 3.16. The summed E-state index contributed by atoms with van der Waals surface area (Å²) in [7, 11) is 0. The predicted octanol–water partition coefficient (Wildman–Crippen LogP) is 2.56. The zero-order valence-corrected chi connectivity index (χ0v) is 17.9. The predicted molar refractivity (Wildman–Crippen MR) is 111 cm³/mol. The molecule has 0 spiro atoms. The SMILES string of the molecule is Cc1ccc(CC(=O)N2CCC(NC(=O)CCNC(=O)OC(C)(C)C)CC2)cc1. The second-order valence-electron chi connectivity index (χ2n) is 8.56. The number of benzene rings is 1. The molecule has 1 aliphatic rings. The van der Waals surface area contributed by atoms with E-state index < -0.39 is 11.7 Å². The van der Waals surface area contributed by atoms with Gasteiger partial charge in [-0.15, -0.1) is 0 Å². The smallest absolute Gasteiger partial charge is 0.407 e. The molecule has 0 aliphatic carbocycles. The van der Waals surface area contributed by atoms with Crippen LogP contribution < -0.4 is 10.6 Å². The van der Waals surface area contributed by atoms with E-state index in [1.807, 2.05) is 36.1 Å². The van der Waals surface area contributed by atoms with E-state index >= 15 is 0 Å². The highest BCUT2D eigenvalue weighted by molar-refractivity contribution is 5.79. The molecule has 1 fully saturated rings. The van der Waals surface area contributed by atoms with Crippen LogP contribution in [0.25, 0.3) is 0 Å². The molecule has 0 aromatic heterocycles. The number of ether oxygens (including phenoxy) is 1. The molecule has 1 aliphatic heterocycles. The lowest BCUT2D eigenvalue weighted by Gasteiger charge is -2.32. The summed E-state index contributed by atoms with van der Waals surface area (Å²) in [4.78, 5) is 38.0. The largest absolute Gasteiger partial charge is 0.444 e. The maximum atomic E-state index is 12.5. The fraction of sp³-hybridized carbons (Fsp3) is 0.591. The standard InChI is InChI=1S/C22H33N3O4/c1-16-5-7-17(8-6-16)15-20(27)25-13-10-18(11-14-25)24-19(26)9-12-23-21(28)29-22(2,3)4/h5-8,18H,9-15H2,1-4H3,(H,23,28)(H,24,26). The van der Waals surface area contributed by atoms with Crippen molar-refractivity contribution in [2.75, 3.05) is 19.6 Å². The van der Waals surface area contributed by atoms with Crippen LogP contribution in [0.1, 0.15) is 51.2 Å². The molecule has 1 heterocycles. The Hall–Kier alpha value is -2.57. The van der Waals surface area contributed by atoms with Crippen LogP contribution in [0, 0.1) is 6.92 Å². The Kier molecular flexibility index (Phi) is 8.05. The van der Waals surface area contributed by atoms with Gasteiger partial charge in [0, 0.05) is 32.1 Å². The summed E-state index contributed by atoms with van der Waals surface area (Å²) < 4.78 is 5.13. The molecular weight excluding hydrogens is 370 g/mol. The van der Waals surface area contributed by atoms with Gasteiger partial charge in [0.1, 0.15) is 5.60 Å². The molecule has 0 bridgehead atoms. The molecule has 0 radical (unpaired) electrons. The van der Waals surface area contributed by atoms with Crippen LogP contribution >= 0.6 is 0 Å². The average Bonchev–Trinajstić information content (AvgIpc) is 2.62. The molecule has 3 amide bonds. The van der Waals surface area contributed by atoms with Gasteiger partial charge in [0.2, 0.25) is 11.8 Å². The van der Waals surface area contributed by atoms with E-state index in [9.17, 15) is 14.4 Å². The zero-order chi connectivity index (χ0) is 21.4. The highest BCUT2D eigenvalue weighted by Crippen LogP contribution is 2.13. The first-order chi connectivity index (χ1) is 13.6. The number of nitrogens with one attached hydrogen (secondary N) is 2. The minimum Gasteiger partial charge on any atom is -0.444 e. The molecule has 7 nitrogen and oxygen atoms in total. The lowest BCUT2D eigenvalue weighted by Crippen LogP contribution is -2.47. The quantitative estimate of drug-likeness (QED) is 0.764. The van der Waals surface area contributed by atoms with Gasteiger partial charge in [-0.2, -0.15) is 0 Å². The fourth-order valence-electron chi connectivity index (χ4n) is 3.16. The molecular formula is C22H33N3O4. The maximum Gasteiger partial charge on any atom is 0.407 e. The number of hydrogen-bond acceptors (Lipinski definition) is 4. The van der Waals surface area contributed by atoms with Crippen molar-refractivity contribution in [3.8, 4) is 0 Å². The second kappa shape index (κ2) is 10.3. The Bertz CT molecular complexity index is 702. The van der Waals surface area contributed by atoms with Gasteiger partial charge in [0.05, 0.1) is 6.42 Å². The van der Waals surface area contributed by atoms with E-state index in [4.69, 9.17) is 4.74 Å². The van der Waals surface area contributed by atoms with Gasteiger partial charge in [-0.3, -0.25) is 9.59 Å². The lowest BCUT2D eigenvalue weighted by molar-refractivity contribution is -0.131. The number of nitrogens with zero attached hydrogens (tertiary/aromatic N) is 1. The summed E-state index contributed by atoms with van der Waals surface area (Å²) in [5, 5.41) is 5.57. The summed E-state index contributed by atoms with van der Waals surface area (Å²) in [6, 6.07) is 8.08. The van der Waals surface area contributed by atoms with Crippen molar-refractivity contribution < 1.29 is 19.1 Å². The highest BCUT2D eigenvalue weighted by Gasteiger charge is 2.24. The first-order valence-corrected chi connectivity index (χ1v) is 10.2. The van der Waals surface area contributed by atoms with E-state index in [0.29, 0.717) is 19.5 Å². The van der Waals surface area contributed by atoms with E-state index in [1.54, 1.807) is 20.8 Å². The number of likely N-dealkylation sites (tertiary alicyclic amines) is 1. The van der Waals surface area contributed by atoms with E-state index in [-0.39, 0.29) is 30.8 Å². The number of alkyl carbamates (subject to hydrolysis) is 1. The number of carbonyl (C=O) groups excluding carboxylic acids is 3. The first kappa shape index (κ1) is 22.7. The van der Waals surface area contributed by atoms with Gasteiger partial charge in [-0.25, -0.2) is 4.79 Å². The van der Waals surface area contributed by atoms with Crippen molar-refractivity contribution in [2.24, 2.45) is 0 Å². The molecule has 2 rings (SSSR count). The Morgan fingerprint density at radius 3 is 2.31 bits per heavy atom. The third-order valence-electron chi connectivity index (χ3n) is 4.71. The molecule has 1 saturated heterocycles. The van der Waals surface area contributed by atoms with Crippen LogP contribution in [0.4, 0.5) is 4.79 Å². The van der Waals surface area contributed by atoms with E-state index in [1.165, 1.54) is 5.56 Å². The number of piperidine rings is 1. The third-order valence-corrected chi connectivity index (χ3v) is 4.71. The number of aryl methyl sites for hydroxylation is 1. The van der Waals surface area contributed by atoms with Crippen molar-refractivity contribution in [1.29, 1.82) is 0 Å². The molecule has 1 aromatic rings. The summed E-state index contributed by atoms with van der Waals surface area (Å²) in [6.07, 6.45) is 1.57. The van der Waals surface area contributed by atoms with Crippen molar-refractivity contribution in [1.82, 2.24) is 15.5 Å². The van der Waals surface area contributed by atoms with Gasteiger partial charge in [0.15, 0.2) is 0 Å². The lowest BCUT2D eigenvalue weighted by atomic mass is 10.0. The normalized spacial score (nSPS) is 15.0. The Labute approximate surface area is 173 Å². The second-order valence-corrected chi connectivity index (χ2v) is 8.56. The summed E-state index contributed by atoms with van der Waals surface area (Å²) in [6.45, 7) is 8.91. The average molecular weight is 404 g/mol. The zero-order valence-electron chi connectivity index (χ0n) is 17.9. The van der Waals surface area contributed by atoms with E-state index in [0.717, 1.165) is 18.4 Å². The van der Waals surface area contributed by atoms with Gasteiger partial charge in [0.25, 0.3) is 0 Å². The monoisotopic (exact) mass is 403 g/mol. The molecule has 0 unspecified atom stereocenters. The Balaban J connectivity index is 1.64. The van der Waals surface area contributed by atoms with Gasteiger partial charge in [-0.05, 0) is 46.1 Å². The van der Waals surface area contributed by atoms with Crippen LogP contribution in [0.3, 0.4) is 0 Å². The summed E-state index contributed by atoms with van der Waals surface area (Å²) >= 11 is 0. The molecule has 7 heteroatoms. The number of carbonyl (C=O) groups is 3. The summed E-state index contributed by atoms with van der Waals surface area (Å²) in [5.41, 5.74) is 1.64. The minimum absolute atomic E-state index is 0.0625. The topological polar surface area (TPSA) is 87.7 Å². The Morgan fingerprint density at radius 1 is 1.10 bits per heavy atom. The molecule has 160 valence electrons.